The van der Waals surface area contributed by atoms with Crippen LogP contribution in [-0.4, -0.2) is 31.2 Å². The lowest BCUT2D eigenvalue weighted by molar-refractivity contribution is -0.688. The Labute approximate surface area is 117 Å². The maximum absolute atomic E-state index is 12.1. The maximum atomic E-state index is 12.1. The van der Waals surface area contributed by atoms with Crippen LogP contribution in [0.5, 0.6) is 0 Å². The molecule has 1 aromatic rings. The number of imide groups is 1. The third-order valence-electron chi connectivity index (χ3n) is 3.35. The lowest BCUT2D eigenvalue weighted by Gasteiger charge is -2.16. The minimum Gasteiger partial charge on any atom is -0.372 e. The van der Waals surface area contributed by atoms with Crippen molar-refractivity contribution in [2.75, 3.05) is 13.2 Å². The number of quaternary nitrogens is 1. The molecule has 108 valence electrons. The van der Waals surface area contributed by atoms with Gasteiger partial charge in [0, 0.05) is 12.2 Å². The molecule has 3 amide bonds. The van der Waals surface area contributed by atoms with Gasteiger partial charge in [-0.1, -0.05) is 30.3 Å². The number of amides is 3. The number of carbonyl (C=O) groups excluding carboxylic acids is 2. The van der Waals surface area contributed by atoms with Crippen LogP contribution in [0.1, 0.15) is 24.4 Å². The van der Waals surface area contributed by atoms with Gasteiger partial charge in [-0.05, 0) is 12.8 Å². The monoisotopic (exact) mass is 278 g/mol. The van der Waals surface area contributed by atoms with Crippen LogP contribution in [0, 0.1) is 0 Å². The molecule has 1 fully saturated rings. The van der Waals surface area contributed by atoms with Gasteiger partial charge in [0.15, 0.2) is 6.04 Å². The molecule has 1 heterocycles. The smallest absolute Gasteiger partial charge is 0.319 e. The lowest BCUT2D eigenvalue weighted by atomic mass is 10.1. The van der Waals surface area contributed by atoms with Crippen molar-refractivity contribution in [3.05, 3.63) is 35.9 Å². The first kappa shape index (κ1) is 14.5. The van der Waals surface area contributed by atoms with E-state index in [1.165, 1.54) is 0 Å². The molecule has 5 N–H and O–H groups in total. The Balaban J connectivity index is 2.03. The van der Waals surface area contributed by atoms with Crippen LogP contribution in [0.15, 0.2) is 30.3 Å². The first-order valence-corrected chi connectivity index (χ1v) is 6.77. The molecule has 1 aliphatic heterocycles. The van der Waals surface area contributed by atoms with Crippen LogP contribution >= 0.6 is 0 Å². The molecule has 2 atom stereocenters. The minimum atomic E-state index is -0.832. The summed E-state index contributed by atoms with van der Waals surface area (Å²) in [6.45, 7) is 1.47. The molecule has 0 aliphatic carbocycles. The summed E-state index contributed by atoms with van der Waals surface area (Å²) in [6, 6.07) is 8.00. The van der Waals surface area contributed by atoms with Crippen LogP contribution in [0.3, 0.4) is 0 Å². The Bertz CT molecular complexity index is 458. The predicted molar refractivity (Wildman–Crippen MR) is 72.7 cm³/mol. The largest absolute Gasteiger partial charge is 0.372 e. The van der Waals surface area contributed by atoms with Gasteiger partial charge >= 0.3 is 6.03 Å². The number of carbonyl (C=O) groups is 2. The summed E-state index contributed by atoms with van der Waals surface area (Å²) >= 11 is 0. The van der Waals surface area contributed by atoms with Crippen molar-refractivity contribution in [1.82, 2.24) is 5.32 Å². The standard InChI is InChI=1S/C14H19N3O3/c15-14(19)17-13(18)12(10-5-2-1-3-6-10)16-9-11-7-4-8-20-11/h1-3,5-6,11-12,16H,4,7-9H2,(H3,15,17,18,19)/p+1/t11-,12+/m0/s1. The van der Waals surface area contributed by atoms with E-state index in [1.54, 1.807) is 0 Å². The van der Waals surface area contributed by atoms with Crippen LogP contribution < -0.4 is 16.4 Å². The maximum Gasteiger partial charge on any atom is 0.319 e. The molecule has 1 aromatic carbocycles. The van der Waals surface area contributed by atoms with E-state index in [0.717, 1.165) is 25.0 Å². The Morgan fingerprint density at radius 1 is 1.40 bits per heavy atom. The Kier molecular flexibility index (Phi) is 5.09. The Morgan fingerprint density at radius 3 is 2.75 bits per heavy atom. The number of hydrogen-bond donors (Lipinski definition) is 3. The zero-order chi connectivity index (χ0) is 14.4. The summed E-state index contributed by atoms with van der Waals surface area (Å²) in [5, 5.41) is 4.04. The first-order valence-electron chi connectivity index (χ1n) is 6.77. The minimum absolute atomic E-state index is 0.169. The highest BCUT2D eigenvalue weighted by atomic mass is 16.5. The van der Waals surface area contributed by atoms with E-state index >= 15 is 0 Å². The molecule has 2 rings (SSSR count). The van der Waals surface area contributed by atoms with Crippen molar-refractivity contribution in [3.63, 3.8) is 0 Å². The van der Waals surface area contributed by atoms with Crippen molar-refractivity contribution in [2.45, 2.75) is 25.0 Å². The molecule has 0 radical (unpaired) electrons. The predicted octanol–water partition coefficient (Wildman–Crippen LogP) is -0.335. The SMILES string of the molecule is NC(=O)NC(=O)[C@H]([NH2+]C[C@@H]1CCCO1)c1ccccc1. The number of urea groups is 1. The number of ether oxygens (including phenoxy) is 1. The number of primary amides is 1. The summed E-state index contributed by atoms with van der Waals surface area (Å²) in [4.78, 5) is 22.9. The number of nitrogens with two attached hydrogens (primary N) is 2. The molecular formula is C14H20N3O3+. The third-order valence-corrected chi connectivity index (χ3v) is 3.35. The highest BCUT2D eigenvalue weighted by Gasteiger charge is 2.27. The van der Waals surface area contributed by atoms with Crippen molar-refractivity contribution >= 4 is 11.9 Å². The van der Waals surface area contributed by atoms with Crippen LogP contribution in [0.25, 0.3) is 0 Å². The highest BCUT2D eigenvalue weighted by molar-refractivity contribution is 5.96. The average Bonchev–Trinajstić information content (AvgIpc) is 2.92. The first-order chi connectivity index (χ1) is 9.66. The fraction of sp³-hybridized carbons (Fsp3) is 0.429. The van der Waals surface area contributed by atoms with Crippen molar-refractivity contribution in [1.29, 1.82) is 0 Å². The second-order valence-corrected chi connectivity index (χ2v) is 4.85. The molecule has 1 aliphatic rings. The molecule has 0 bridgehead atoms. The van der Waals surface area contributed by atoms with Crippen molar-refractivity contribution in [3.8, 4) is 0 Å². The molecule has 1 saturated heterocycles. The second kappa shape index (κ2) is 7.02. The molecule has 6 heteroatoms. The van der Waals surface area contributed by atoms with E-state index < -0.39 is 18.0 Å². The molecular weight excluding hydrogens is 258 g/mol. The molecule has 0 saturated carbocycles. The summed E-state index contributed by atoms with van der Waals surface area (Å²) in [5.74, 6) is -0.401. The van der Waals surface area contributed by atoms with E-state index in [4.69, 9.17) is 10.5 Å². The van der Waals surface area contributed by atoms with Crippen molar-refractivity contribution in [2.24, 2.45) is 5.73 Å². The summed E-state index contributed by atoms with van der Waals surface area (Å²) in [6.07, 6.45) is 2.24. The van der Waals surface area contributed by atoms with Gasteiger partial charge in [0.25, 0.3) is 5.91 Å². The van der Waals surface area contributed by atoms with Crippen LogP contribution in [-0.2, 0) is 9.53 Å². The van der Waals surface area contributed by atoms with Gasteiger partial charge in [0.2, 0.25) is 0 Å². The van der Waals surface area contributed by atoms with Gasteiger partial charge in [0.05, 0.1) is 0 Å². The van der Waals surface area contributed by atoms with Gasteiger partial charge in [-0.25, -0.2) is 4.79 Å². The molecule has 0 unspecified atom stereocenters. The topological polar surface area (TPSA) is 98.0 Å². The summed E-state index contributed by atoms with van der Waals surface area (Å²) in [5.41, 5.74) is 5.86. The number of hydrogen-bond acceptors (Lipinski definition) is 3. The Hall–Kier alpha value is -1.92. The van der Waals surface area contributed by atoms with Gasteiger partial charge in [-0.2, -0.15) is 0 Å². The lowest BCUT2D eigenvalue weighted by Crippen LogP contribution is -2.89. The van der Waals surface area contributed by atoms with Crippen LogP contribution in [0.4, 0.5) is 4.79 Å². The zero-order valence-corrected chi connectivity index (χ0v) is 11.2. The third kappa shape index (κ3) is 4.04. The van der Waals surface area contributed by atoms with Gasteiger partial charge < -0.3 is 15.8 Å². The zero-order valence-electron chi connectivity index (χ0n) is 11.2. The van der Waals surface area contributed by atoms with Gasteiger partial charge in [0.1, 0.15) is 12.6 Å². The number of nitrogens with one attached hydrogen (secondary N) is 1. The van der Waals surface area contributed by atoms with E-state index in [0.29, 0.717) is 6.54 Å². The molecule has 20 heavy (non-hydrogen) atoms. The fourth-order valence-corrected chi connectivity index (χ4v) is 2.37. The van der Waals surface area contributed by atoms with E-state index in [9.17, 15) is 9.59 Å². The van der Waals surface area contributed by atoms with Gasteiger partial charge in [-0.15, -0.1) is 0 Å². The average molecular weight is 278 g/mol. The number of benzene rings is 1. The summed E-state index contributed by atoms with van der Waals surface area (Å²) < 4.78 is 5.55. The summed E-state index contributed by atoms with van der Waals surface area (Å²) in [7, 11) is 0. The Morgan fingerprint density at radius 2 is 2.15 bits per heavy atom. The highest BCUT2D eigenvalue weighted by Crippen LogP contribution is 2.11. The van der Waals surface area contributed by atoms with E-state index in [1.807, 2.05) is 35.6 Å². The van der Waals surface area contributed by atoms with E-state index in [-0.39, 0.29) is 6.10 Å². The number of rotatable bonds is 5. The molecule has 0 spiro atoms. The molecule has 6 nitrogen and oxygen atoms in total. The molecule has 0 aromatic heterocycles. The quantitative estimate of drug-likeness (QED) is 0.687. The normalized spacial score (nSPS) is 19.5. The van der Waals surface area contributed by atoms with Crippen LogP contribution in [0.2, 0.25) is 0 Å². The van der Waals surface area contributed by atoms with Gasteiger partial charge in [-0.3, -0.25) is 10.1 Å². The fourth-order valence-electron chi connectivity index (χ4n) is 2.37. The van der Waals surface area contributed by atoms with E-state index in [2.05, 4.69) is 5.32 Å². The van der Waals surface area contributed by atoms with Crippen molar-refractivity contribution < 1.29 is 19.6 Å². The second-order valence-electron chi connectivity index (χ2n) is 4.85.